The molecule has 25 heavy (non-hydrogen) atoms. The van der Waals surface area contributed by atoms with E-state index in [4.69, 9.17) is 4.74 Å². The molecule has 0 saturated carbocycles. The lowest BCUT2D eigenvalue weighted by atomic mass is 9.90. The van der Waals surface area contributed by atoms with Gasteiger partial charge in [0, 0.05) is 13.1 Å². The zero-order valence-electron chi connectivity index (χ0n) is 13.9. The van der Waals surface area contributed by atoms with E-state index in [-0.39, 0.29) is 19.1 Å². The van der Waals surface area contributed by atoms with Crippen molar-refractivity contribution in [3.05, 3.63) is 71.8 Å². The molecule has 5 heteroatoms. The Balaban J connectivity index is 1.61. The second-order valence-corrected chi connectivity index (χ2v) is 6.34. The van der Waals surface area contributed by atoms with Crippen LogP contribution in [0.15, 0.2) is 60.7 Å². The minimum atomic E-state index is -0.862. The maximum Gasteiger partial charge on any atom is 0.410 e. The van der Waals surface area contributed by atoms with Gasteiger partial charge in [-0.25, -0.2) is 4.79 Å². The van der Waals surface area contributed by atoms with Crippen molar-refractivity contribution in [2.24, 2.45) is 11.8 Å². The molecule has 1 aliphatic heterocycles. The summed E-state index contributed by atoms with van der Waals surface area (Å²) in [6.45, 7) is 0.789. The van der Waals surface area contributed by atoms with Crippen LogP contribution in [0.2, 0.25) is 0 Å². The summed E-state index contributed by atoms with van der Waals surface area (Å²) < 4.78 is 5.33. The van der Waals surface area contributed by atoms with Crippen molar-refractivity contribution in [2.75, 3.05) is 13.1 Å². The number of likely N-dealkylation sites (tertiary alicyclic amines) is 1. The Kier molecular flexibility index (Phi) is 5.33. The average Bonchev–Trinajstić information content (AvgIpc) is 3.05. The molecule has 3 rings (SSSR count). The number of amides is 1. The summed E-state index contributed by atoms with van der Waals surface area (Å²) in [4.78, 5) is 25.4. The van der Waals surface area contributed by atoms with E-state index in [0.29, 0.717) is 13.0 Å². The number of rotatable bonds is 5. The van der Waals surface area contributed by atoms with E-state index >= 15 is 0 Å². The number of carboxylic acid groups (broad SMARTS) is 1. The molecule has 0 spiro atoms. The van der Waals surface area contributed by atoms with Gasteiger partial charge in [0.05, 0.1) is 5.92 Å². The number of aliphatic carboxylic acids is 1. The summed E-state index contributed by atoms with van der Waals surface area (Å²) in [5.41, 5.74) is 1.99. The summed E-state index contributed by atoms with van der Waals surface area (Å²) in [6, 6.07) is 19.2. The number of hydrogen-bond donors (Lipinski definition) is 1. The van der Waals surface area contributed by atoms with Gasteiger partial charge in [-0.3, -0.25) is 4.79 Å². The molecule has 1 fully saturated rings. The highest BCUT2D eigenvalue weighted by Gasteiger charge is 2.40. The molecule has 1 heterocycles. The predicted octanol–water partition coefficient (Wildman–Crippen LogP) is 3.20. The minimum Gasteiger partial charge on any atom is -0.481 e. The van der Waals surface area contributed by atoms with E-state index in [0.717, 1.165) is 11.1 Å². The summed E-state index contributed by atoms with van der Waals surface area (Å²) >= 11 is 0. The average molecular weight is 339 g/mol. The number of nitrogens with zero attached hydrogens (tertiary/aromatic N) is 1. The fourth-order valence-corrected chi connectivity index (χ4v) is 3.23. The highest BCUT2D eigenvalue weighted by Crippen LogP contribution is 2.28. The Bertz CT molecular complexity index is 717. The molecule has 2 aromatic rings. The fourth-order valence-electron chi connectivity index (χ4n) is 3.23. The molecule has 1 saturated heterocycles. The third-order valence-electron chi connectivity index (χ3n) is 4.56. The van der Waals surface area contributed by atoms with Crippen molar-refractivity contribution in [1.82, 2.24) is 4.90 Å². The van der Waals surface area contributed by atoms with Crippen LogP contribution in [0, 0.1) is 11.8 Å². The van der Waals surface area contributed by atoms with Gasteiger partial charge in [0.25, 0.3) is 0 Å². The largest absolute Gasteiger partial charge is 0.481 e. The molecule has 1 amide bonds. The summed E-state index contributed by atoms with van der Waals surface area (Å²) in [5.74, 6) is -1.53. The summed E-state index contributed by atoms with van der Waals surface area (Å²) in [7, 11) is 0. The van der Waals surface area contributed by atoms with Gasteiger partial charge in [-0.05, 0) is 23.5 Å². The van der Waals surface area contributed by atoms with Crippen molar-refractivity contribution in [2.45, 2.75) is 13.0 Å². The number of ether oxygens (including phenoxy) is 1. The van der Waals surface area contributed by atoms with Gasteiger partial charge >= 0.3 is 12.1 Å². The van der Waals surface area contributed by atoms with Crippen molar-refractivity contribution in [1.29, 1.82) is 0 Å². The topological polar surface area (TPSA) is 66.8 Å². The Labute approximate surface area is 146 Å². The predicted molar refractivity (Wildman–Crippen MR) is 93.0 cm³/mol. The Hall–Kier alpha value is -2.82. The van der Waals surface area contributed by atoms with Gasteiger partial charge in [-0.1, -0.05) is 60.7 Å². The second kappa shape index (κ2) is 7.83. The van der Waals surface area contributed by atoms with Gasteiger partial charge < -0.3 is 14.7 Å². The van der Waals surface area contributed by atoms with Crippen LogP contribution in [0.4, 0.5) is 4.79 Å². The van der Waals surface area contributed by atoms with Crippen molar-refractivity contribution < 1.29 is 19.4 Å². The SMILES string of the molecule is O=C(O)[C@@H]1CN(C(=O)OCc2ccccc2)C[C@H]1Cc1ccccc1. The van der Waals surface area contributed by atoms with Gasteiger partial charge in [-0.2, -0.15) is 0 Å². The van der Waals surface area contributed by atoms with E-state index in [1.807, 2.05) is 60.7 Å². The van der Waals surface area contributed by atoms with Crippen LogP contribution in [0.5, 0.6) is 0 Å². The molecule has 130 valence electrons. The quantitative estimate of drug-likeness (QED) is 0.908. The highest BCUT2D eigenvalue weighted by atomic mass is 16.6. The standard InChI is InChI=1S/C20H21NO4/c22-19(23)18-13-21(12-17(18)11-15-7-3-1-4-8-15)20(24)25-14-16-9-5-2-6-10-16/h1-10,17-18H,11-14H2,(H,22,23)/t17-,18-/m1/s1. The van der Waals surface area contributed by atoms with Crippen LogP contribution in [0.1, 0.15) is 11.1 Å². The first-order valence-electron chi connectivity index (χ1n) is 8.36. The third-order valence-corrected chi connectivity index (χ3v) is 4.56. The lowest BCUT2D eigenvalue weighted by Gasteiger charge is -2.16. The lowest BCUT2D eigenvalue weighted by Crippen LogP contribution is -2.30. The van der Waals surface area contributed by atoms with Gasteiger partial charge in [0.1, 0.15) is 6.61 Å². The molecule has 2 aromatic carbocycles. The molecule has 0 aliphatic carbocycles. The van der Waals surface area contributed by atoms with E-state index in [1.165, 1.54) is 4.90 Å². The zero-order chi connectivity index (χ0) is 17.6. The number of carbonyl (C=O) groups is 2. The van der Waals surface area contributed by atoms with Gasteiger partial charge in [0.2, 0.25) is 0 Å². The molecule has 2 atom stereocenters. The normalized spacial score (nSPS) is 19.6. The second-order valence-electron chi connectivity index (χ2n) is 6.34. The van der Waals surface area contributed by atoms with E-state index in [1.54, 1.807) is 0 Å². The van der Waals surface area contributed by atoms with Crippen LogP contribution in [0.3, 0.4) is 0 Å². The smallest absolute Gasteiger partial charge is 0.410 e. The van der Waals surface area contributed by atoms with E-state index < -0.39 is 18.0 Å². The third kappa shape index (κ3) is 4.38. The van der Waals surface area contributed by atoms with Crippen molar-refractivity contribution in [3.8, 4) is 0 Å². The molecular formula is C20H21NO4. The number of carboxylic acids is 1. The molecule has 1 N–H and O–H groups in total. The molecule has 5 nitrogen and oxygen atoms in total. The monoisotopic (exact) mass is 339 g/mol. The highest BCUT2D eigenvalue weighted by molar-refractivity contribution is 5.74. The van der Waals surface area contributed by atoms with Crippen LogP contribution < -0.4 is 0 Å². The lowest BCUT2D eigenvalue weighted by molar-refractivity contribution is -0.142. The Morgan fingerprint density at radius 2 is 1.56 bits per heavy atom. The van der Waals surface area contributed by atoms with Crippen LogP contribution in [0.25, 0.3) is 0 Å². The fraction of sp³-hybridized carbons (Fsp3) is 0.300. The molecule has 0 aromatic heterocycles. The Morgan fingerprint density at radius 3 is 2.16 bits per heavy atom. The summed E-state index contributed by atoms with van der Waals surface area (Å²) in [6.07, 6.45) is 0.186. The van der Waals surface area contributed by atoms with E-state index in [9.17, 15) is 14.7 Å². The minimum absolute atomic E-state index is 0.107. The molecule has 0 bridgehead atoms. The first kappa shape index (κ1) is 17.0. The number of benzene rings is 2. The van der Waals surface area contributed by atoms with Crippen LogP contribution >= 0.6 is 0 Å². The molecule has 1 aliphatic rings. The first-order valence-corrected chi connectivity index (χ1v) is 8.36. The molecular weight excluding hydrogens is 318 g/mol. The van der Waals surface area contributed by atoms with Crippen molar-refractivity contribution in [3.63, 3.8) is 0 Å². The van der Waals surface area contributed by atoms with Crippen LogP contribution in [-0.2, 0) is 22.6 Å². The van der Waals surface area contributed by atoms with Gasteiger partial charge in [0.15, 0.2) is 0 Å². The maximum atomic E-state index is 12.3. The van der Waals surface area contributed by atoms with Crippen molar-refractivity contribution >= 4 is 12.1 Å². The van der Waals surface area contributed by atoms with E-state index in [2.05, 4.69) is 0 Å². The Morgan fingerprint density at radius 1 is 0.960 bits per heavy atom. The van der Waals surface area contributed by atoms with Crippen LogP contribution in [-0.4, -0.2) is 35.2 Å². The first-order chi connectivity index (χ1) is 12.1. The maximum absolute atomic E-state index is 12.3. The van der Waals surface area contributed by atoms with Gasteiger partial charge in [-0.15, -0.1) is 0 Å². The molecule has 0 radical (unpaired) electrons. The number of hydrogen-bond acceptors (Lipinski definition) is 3. The molecule has 0 unspecified atom stereocenters. The zero-order valence-corrected chi connectivity index (χ0v) is 13.9. The summed E-state index contributed by atoms with van der Waals surface area (Å²) in [5, 5.41) is 9.49. The number of carbonyl (C=O) groups excluding carboxylic acids is 1.